The number of benzene rings is 1. The van der Waals surface area contributed by atoms with E-state index in [9.17, 15) is 4.79 Å². The zero-order valence-electron chi connectivity index (χ0n) is 9.91. The first kappa shape index (κ1) is 11.2. The maximum absolute atomic E-state index is 10.8. The second kappa shape index (κ2) is 5.15. The molecule has 86 valence electrons. The number of carbonyl (C=O) groups is 1. The Balaban J connectivity index is 2.19. The molecule has 1 aliphatic heterocycles. The van der Waals surface area contributed by atoms with Gasteiger partial charge in [-0.05, 0) is 43.5 Å². The molecule has 0 N–H and O–H groups in total. The second-order valence-electron chi connectivity index (χ2n) is 4.56. The van der Waals surface area contributed by atoms with Crippen LogP contribution in [0.5, 0.6) is 0 Å². The van der Waals surface area contributed by atoms with E-state index < -0.39 is 0 Å². The normalized spacial score (nSPS) is 16.9. The first-order valence-corrected chi connectivity index (χ1v) is 6.12. The number of hydrogen-bond acceptors (Lipinski definition) is 2. The van der Waals surface area contributed by atoms with E-state index in [1.54, 1.807) is 0 Å². The van der Waals surface area contributed by atoms with Crippen LogP contribution in [0.4, 0.5) is 5.69 Å². The summed E-state index contributed by atoms with van der Waals surface area (Å²) >= 11 is 0. The van der Waals surface area contributed by atoms with E-state index in [-0.39, 0.29) is 0 Å². The Morgan fingerprint density at radius 3 is 2.38 bits per heavy atom. The number of rotatable bonds is 2. The number of aryl methyl sites for hydroxylation is 1. The Bertz CT molecular complexity index is 365. The molecule has 1 aliphatic rings. The molecule has 1 fully saturated rings. The number of carbonyl (C=O) groups excluding carboxylic acids is 1. The summed E-state index contributed by atoms with van der Waals surface area (Å²) in [6, 6.07) is 6.14. The minimum absolute atomic E-state index is 0.804. The molecule has 0 amide bonds. The lowest BCUT2D eigenvalue weighted by Crippen LogP contribution is -2.23. The van der Waals surface area contributed by atoms with Gasteiger partial charge in [-0.2, -0.15) is 0 Å². The molecule has 0 radical (unpaired) electrons. The van der Waals surface area contributed by atoms with Gasteiger partial charge in [0.1, 0.15) is 6.29 Å². The maximum Gasteiger partial charge on any atom is 0.150 e. The smallest absolute Gasteiger partial charge is 0.150 e. The molecular weight excluding hydrogens is 198 g/mol. The van der Waals surface area contributed by atoms with Crippen molar-refractivity contribution in [2.75, 3.05) is 18.0 Å². The van der Waals surface area contributed by atoms with E-state index in [0.717, 1.165) is 30.5 Å². The Kier molecular flexibility index (Phi) is 3.60. The standard InChI is InChI=1S/C14H19NO/c1-12-10-14(7-6-13(12)11-16)15-8-4-2-3-5-9-15/h6-7,10-11H,2-5,8-9H2,1H3. The van der Waals surface area contributed by atoms with Gasteiger partial charge in [0.2, 0.25) is 0 Å². The second-order valence-corrected chi connectivity index (χ2v) is 4.56. The molecule has 0 aromatic heterocycles. The van der Waals surface area contributed by atoms with Crippen LogP contribution in [0.1, 0.15) is 41.6 Å². The molecule has 1 aromatic carbocycles. The summed E-state index contributed by atoms with van der Waals surface area (Å²) in [4.78, 5) is 13.2. The van der Waals surface area contributed by atoms with Gasteiger partial charge in [-0.25, -0.2) is 0 Å². The van der Waals surface area contributed by atoms with Crippen molar-refractivity contribution >= 4 is 12.0 Å². The fraction of sp³-hybridized carbons (Fsp3) is 0.500. The van der Waals surface area contributed by atoms with Gasteiger partial charge in [-0.3, -0.25) is 4.79 Å². The average molecular weight is 217 g/mol. The van der Waals surface area contributed by atoms with Crippen LogP contribution in [0.3, 0.4) is 0 Å². The minimum atomic E-state index is 0.804. The zero-order chi connectivity index (χ0) is 11.4. The van der Waals surface area contributed by atoms with Gasteiger partial charge in [0.25, 0.3) is 0 Å². The monoisotopic (exact) mass is 217 g/mol. The summed E-state index contributed by atoms with van der Waals surface area (Å²) in [5.41, 5.74) is 3.15. The average Bonchev–Trinajstić information content (AvgIpc) is 2.57. The molecule has 16 heavy (non-hydrogen) atoms. The highest BCUT2D eigenvalue weighted by Gasteiger charge is 2.10. The van der Waals surface area contributed by atoms with Crippen molar-refractivity contribution in [1.82, 2.24) is 0 Å². The van der Waals surface area contributed by atoms with Crippen LogP contribution in [0, 0.1) is 6.92 Å². The molecule has 0 spiro atoms. The molecule has 0 unspecified atom stereocenters. The van der Waals surface area contributed by atoms with Crippen LogP contribution in [0.15, 0.2) is 18.2 Å². The molecule has 2 rings (SSSR count). The molecule has 2 heteroatoms. The molecule has 2 nitrogen and oxygen atoms in total. The van der Waals surface area contributed by atoms with E-state index in [0.29, 0.717) is 0 Å². The Labute approximate surface area is 97.3 Å². The third-order valence-corrected chi connectivity index (χ3v) is 3.35. The quantitative estimate of drug-likeness (QED) is 0.709. The van der Waals surface area contributed by atoms with Crippen molar-refractivity contribution in [2.45, 2.75) is 32.6 Å². The highest BCUT2D eigenvalue weighted by Crippen LogP contribution is 2.21. The summed E-state index contributed by atoms with van der Waals surface area (Å²) in [5, 5.41) is 0. The minimum Gasteiger partial charge on any atom is -0.372 e. The van der Waals surface area contributed by atoms with E-state index >= 15 is 0 Å². The largest absolute Gasteiger partial charge is 0.372 e. The lowest BCUT2D eigenvalue weighted by atomic mass is 10.1. The molecule has 0 atom stereocenters. The van der Waals surface area contributed by atoms with Gasteiger partial charge >= 0.3 is 0 Å². The van der Waals surface area contributed by atoms with Gasteiger partial charge in [0, 0.05) is 24.3 Å². The maximum atomic E-state index is 10.8. The predicted octanol–water partition coefficient (Wildman–Crippen LogP) is 3.19. The summed E-state index contributed by atoms with van der Waals surface area (Å²) in [6.45, 7) is 4.31. The molecule has 0 aliphatic carbocycles. The van der Waals surface area contributed by atoms with Crippen LogP contribution in [0.25, 0.3) is 0 Å². The molecule has 1 aromatic rings. The van der Waals surface area contributed by atoms with Crippen LogP contribution >= 0.6 is 0 Å². The van der Waals surface area contributed by atoms with Crippen LogP contribution < -0.4 is 4.90 Å². The molecule has 0 saturated carbocycles. The zero-order valence-corrected chi connectivity index (χ0v) is 9.91. The Morgan fingerprint density at radius 1 is 1.12 bits per heavy atom. The van der Waals surface area contributed by atoms with Crippen molar-refractivity contribution in [2.24, 2.45) is 0 Å². The SMILES string of the molecule is Cc1cc(N2CCCCCC2)ccc1C=O. The number of hydrogen-bond donors (Lipinski definition) is 0. The fourth-order valence-corrected chi connectivity index (χ4v) is 2.32. The van der Waals surface area contributed by atoms with Crippen molar-refractivity contribution in [1.29, 1.82) is 0 Å². The van der Waals surface area contributed by atoms with Crippen LogP contribution in [-0.4, -0.2) is 19.4 Å². The van der Waals surface area contributed by atoms with E-state index in [4.69, 9.17) is 0 Å². The topological polar surface area (TPSA) is 20.3 Å². The molecule has 0 bridgehead atoms. The lowest BCUT2D eigenvalue weighted by molar-refractivity contribution is 0.112. The molecule has 1 heterocycles. The number of anilines is 1. The fourth-order valence-electron chi connectivity index (χ4n) is 2.32. The number of aldehydes is 1. The van der Waals surface area contributed by atoms with Crippen molar-refractivity contribution in [3.05, 3.63) is 29.3 Å². The summed E-state index contributed by atoms with van der Waals surface area (Å²) in [7, 11) is 0. The van der Waals surface area contributed by atoms with Crippen LogP contribution in [0.2, 0.25) is 0 Å². The van der Waals surface area contributed by atoms with Crippen molar-refractivity contribution in [3.63, 3.8) is 0 Å². The van der Waals surface area contributed by atoms with Gasteiger partial charge in [0.05, 0.1) is 0 Å². The van der Waals surface area contributed by atoms with Crippen LogP contribution in [-0.2, 0) is 0 Å². The van der Waals surface area contributed by atoms with E-state index in [1.807, 2.05) is 13.0 Å². The highest BCUT2D eigenvalue weighted by atomic mass is 16.1. The highest BCUT2D eigenvalue weighted by molar-refractivity contribution is 5.78. The summed E-state index contributed by atoms with van der Waals surface area (Å²) < 4.78 is 0. The number of nitrogens with zero attached hydrogens (tertiary/aromatic N) is 1. The lowest BCUT2D eigenvalue weighted by Gasteiger charge is -2.23. The van der Waals surface area contributed by atoms with Gasteiger partial charge in [-0.1, -0.05) is 12.8 Å². The Morgan fingerprint density at radius 2 is 1.81 bits per heavy atom. The van der Waals surface area contributed by atoms with E-state index in [1.165, 1.54) is 31.4 Å². The molecular formula is C14H19NO. The summed E-state index contributed by atoms with van der Waals surface area (Å²) in [6.07, 6.45) is 6.20. The first-order valence-electron chi connectivity index (χ1n) is 6.12. The van der Waals surface area contributed by atoms with Crippen molar-refractivity contribution in [3.8, 4) is 0 Å². The summed E-state index contributed by atoms with van der Waals surface area (Å²) in [5.74, 6) is 0. The Hall–Kier alpha value is -1.31. The van der Waals surface area contributed by atoms with Gasteiger partial charge < -0.3 is 4.90 Å². The van der Waals surface area contributed by atoms with Crippen molar-refractivity contribution < 1.29 is 4.79 Å². The van der Waals surface area contributed by atoms with Gasteiger partial charge in [-0.15, -0.1) is 0 Å². The molecule has 1 saturated heterocycles. The third kappa shape index (κ3) is 2.43. The predicted molar refractivity (Wildman–Crippen MR) is 67.2 cm³/mol. The first-order chi connectivity index (χ1) is 7.81. The van der Waals surface area contributed by atoms with E-state index in [2.05, 4.69) is 17.0 Å². The third-order valence-electron chi connectivity index (χ3n) is 3.35. The van der Waals surface area contributed by atoms with Gasteiger partial charge in [0.15, 0.2) is 0 Å².